The Labute approximate surface area is 545 Å². The summed E-state index contributed by atoms with van der Waals surface area (Å²) >= 11 is 0. The second-order valence-electron chi connectivity index (χ2n) is 28.5. The van der Waals surface area contributed by atoms with E-state index in [9.17, 15) is 38.7 Å². The molecule has 21 heteroatoms. The van der Waals surface area contributed by atoms with E-state index in [1.807, 2.05) is 87.5 Å². The highest BCUT2D eigenvalue weighted by atomic mass is 16.3. The van der Waals surface area contributed by atoms with Crippen molar-refractivity contribution in [3.8, 4) is 0 Å². The monoisotopic (exact) mass is 1280 g/mol. The topological polar surface area (TPSA) is 256 Å². The van der Waals surface area contributed by atoms with Gasteiger partial charge in [0.25, 0.3) is 0 Å². The van der Waals surface area contributed by atoms with Gasteiger partial charge in [0, 0.05) is 98.7 Å². The van der Waals surface area contributed by atoms with Gasteiger partial charge in [-0.15, -0.1) is 0 Å². The number of amides is 8. The number of likely N-dealkylation sites (N-methyl/N-ethyl adjacent to an activating group) is 7. The molecule has 1 saturated heterocycles. The summed E-state index contributed by atoms with van der Waals surface area (Å²) in [6.07, 6.45) is 5.64. The van der Waals surface area contributed by atoms with Crippen molar-refractivity contribution in [1.29, 1.82) is 0 Å². The summed E-state index contributed by atoms with van der Waals surface area (Å²) in [5.41, 5.74) is 0.801. The number of pyridine rings is 1. The highest BCUT2D eigenvalue weighted by Gasteiger charge is 2.46. The molecule has 2 heterocycles. The van der Waals surface area contributed by atoms with Crippen LogP contribution in [-0.2, 0) is 52.7 Å². The van der Waals surface area contributed by atoms with E-state index in [-0.39, 0.29) is 75.0 Å². The van der Waals surface area contributed by atoms with Gasteiger partial charge < -0.3 is 44.7 Å². The number of allylic oxidation sites excluding steroid dienone is 1. The van der Waals surface area contributed by atoms with E-state index in [0.29, 0.717) is 0 Å². The standard InChI is InChI=1S/C70H117N9O12/c1-25-51-37-59(82)61(62(83)46(14)28-26-29-50-30-27-31-71-39-50)79(24)70(91)60(45(12)13)78(23)69(90)56(35-43(8)9)77(22)68(89)55(34-42(6)7)76(21)64(85)48(16)72-63(84)47(15)36-57(80)53(32-40(2)3)75(20)67(88)52(44(10)11)38-58(81)54(33-41(4)5)74(19)65(86)49(17)73(18)66(51)87/h26-27,29-31,39-49,51-56,60-62,83H,25,28,32-38H2,1-24H3,(H,72,84)/t46-,47+,48+,49-,51+,52-,53-,54+,55-,56-,60-,61+,62-/m1/s1. The first-order valence-electron chi connectivity index (χ1n) is 33.2. The summed E-state index contributed by atoms with van der Waals surface area (Å²) in [4.78, 5) is 176. The van der Waals surface area contributed by atoms with Gasteiger partial charge in [-0.1, -0.05) is 122 Å². The van der Waals surface area contributed by atoms with Gasteiger partial charge in [-0.05, 0) is 105 Å². The Morgan fingerprint density at radius 3 is 1.43 bits per heavy atom. The fourth-order valence-electron chi connectivity index (χ4n) is 12.3. The lowest BCUT2D eigenvalue weighted by Crippen LogP contribution is -2.61. The molecular formula is C70H117N9O12. The first-order valence-corrected chi connectivity index (χ1v) is 33.2. The van der Waals surface area contributed by atoms with Crippen molar-refractivity contribution < 1.29 is 57.8 Å². The van der Waals surface area contributed by atoms with Gasteiger partial charge >= 0.3 is 0 Å². The Balaban J connectivity index is 3.02. The third kappa shape index (κ3) is 22.4. The molecule has 0 bridgehead atoms. The van der Waals surface area contributed by atoms with Crippen LogP contribution in [0.25, 0.3) is 6.08 Å². The van der Waals surface area contributed by atoms with Crippen LogP contribution in [0.5, 0.6) is 0 Å². The van der Waals surface area contributed by atoms with Crippen LogP contribution in [0.1, 0.15) is 181 Å². The molecule has 13 atom stereocenters. The van der Waals surface area contributed by atoms with Crippen LogP contribution in [-0.4, -0.2) is 213 Å². The molecular weight excluding hydrogens is 1160 g/mol. The number of aliphatic hydroxyl groups is 1. The number of hydrogen-bond acceptors (Lipinski definition) is 13. The Hall–Kier alpha value is -6.38. The zero-order chi connectivity index (χ0) is 70.0. The van der Waals surface area contributed by atoms with Crippen molar-refractivity contribution in [2.75, 3.05) is 49.3 Å². The highest BCUT2D eigenvalue weighted by molar-refractivity contribution is 6.00. The van der Waals surface area contributed by atoms with Crippen molar-refractivity contribution in [2.45, 2.75) is 230 Å². The van der Waals surface area contributed by atoms with E-state index >= 15 is 19.2 Å². The van der Waals surface area contributed by atoms with E-state index in [2.05, 4.69) is 10.3 Å². The first-order chi connectivity index (χ1) is 42.2. The Bertz CT molecular complexity index is 2660. The number of carbonyl (C=O) groups excluding carboxylic acids is 11. The van der Waals surface area contributed by atoms with Gasteiger partial charge in [0.15, 0.2) is 17.3 Å². The predicted octanol–water partition coefficient (Wildman–Crippen LogP) is 7.46. The maximum Gasteiger partial charge on any atom is 0.246 e. The molecule has 0 radical (unpaired) electrons. The van der Waals surface area contributed by atoms with E-state index in [1.165, 1.54) is 92.6 Å². The molecule has 0 aromatic carbocycles. The van der Waals surface area contributed by atoms with Crippen molar-refractivity contribution in [2.24, 2.45) is 59.2 Å². The minimum Gasteiger partial charge on any atom is -0.390 e. The fraction of sp³-hybridized carbons (Fsp3) is 0.743. The van der Waals surface area contributed by atoms with Crippen LogP contribution >= 0.6 is 0 Å². The second-order valence-corrected chi connectivity index (χ2v) is 28.5. The number of aliphatic hydroxyl groups excluding tert-OH is 1. The number of nitrogens with zero attached hydrogens (tertiary/aromatic N) is 8. The Kier molecular flexibility index (Phi) is 32.6. The minimum absolute atomic E-state index is 0.0735. The lowest BCUT2D eigenvalue weighted by atomic mass is 9.84. The van der Waals surface area contributed by atoms with Gasteiger partial charge in [-0.25, -0.2) is 0 Å². The molecule has 1 fully saturated rings. The summed E-state index contributed by atoms with van der Waals surface area (Å²) in [6, 6.07) is -5.77. The SMILES string of the molecule is CC[C@H]1CC(=O)[C@@H]([C@H](O)[C@H](C)CC=Cc2cccnc2)N(C)C(=O)[C@@H](C(C)C)N(C)C(=O)[C@@H](CC(C)C)N(C)C(=O)[C@@H](CC(C)C)N(C)C(=O)[C@H](C)NC(=O)[C@@H](C)CC(=O)[C@@H](CC(C)C)N(C)C(=O)[C@@H](C(C)C)CC(=O)[C@H](CC(C)C)N(C)C(=O)[C@@H](C)N(C)C1=O. The Morgan fingerprint density at radius 2 is 0.967 bits per heavy atom. The van der Waals surface area contributed by atoms with Crippen molar-refractivity contribution in [3.05, 3.63) is 36.2 Å². The maximum absolute atomic E-state index is 15.4. The third-order valence-corrected chi connectivity index (χ3v) is 18.3. The molecule has 8 amide bonds. The largest absolute Gasteiger partial charge is 0.390 e. The number of nitrogens with one attached hydrogen (secondary N) is 1. The molecule has 1 aromatic heterocycles. The van der Waals surface area contributed by atoms with E-state index in [1.54, 1.807) is 53.1 Å². The predicted molar refractivity (Wildman–Crippen MR) is 355 cm³/mol. The van der Waals surface area contributed by atoms with Crippen LogP contribution in [0.3, 0.4) is 0 Å². The van der Waals surface area contributed by atoms with Crippen molar-refractivity contribution >= 4 is 70.7 Å². The Morgan fingerprint density at radius 1 is 0.516 bits per heavy atom. The zero-order valence-corrected chi connectivity index (χ0v) is 59.8. The van der Waals surface area contributed by atoms with Gasteiger partial charge in [-0.3, -0.25) is 57.7 Å². The van der Waals surface area contributed by atoms with Crippen LogP contribution in [0, 0.1) is 59.2 Å². The van der Waals surface area contributed by atoms with E-state index in [4.69, 9.17) is 0 Å². The summed E-state index contributed by atoms with van der Waals surface area (Å²) in [6.45, 7) is 30.3. The highest BCUT2D eigenvalue weighted by Crippen LogP contribution is 2.30. The van der Waals surface area contributed by atoms with Gasteiger partial charge in [-0.2, -0.15) is 0 Å². The summed E-state index contributed by atoms with van der Waals surface area (Å²) in [7, 11) is 10.3. The minimum atomic E-state index is -1.54. The number of hydrogen-bond donors (Lipinski definition) is 2. The molecule has 21 nitrogen and oxygen atoms in total. The number of ketones is 3. The fourth-order valence-corrected chi connectivity index (χ4v) is 12.3. The number of rotatable bonds is 16. The number of aromatic nitrogens is 1. The average molecular weight is 1280 g/mol. The molecule has 0 spiro atoms. The quantitative estimate of drug-likeness (QED) is 0.163. The normalized spacial score (nSPS) is 27.0. The molecule has 2 N–H and O–H groups in total. The zero-order valence-electron chi connectivity index (χ0n) is 59.8. The van der Waals surface area contributed by atoms with Crippen LogP contribution in [0.15, 0.2) is 30.6 Å². The average Bonchev–Trinajstić information content (AvgIpc) is 0.883. The van der Waals surface area contributed by atoms with Gasteiger partial charge in [0.1, 0.15) is 36.3 Å². The maximum atomic E-state index is 15.4. The second kappa shape index (κ2) is 36.8. The molecule has 0 saturated carbocycles. The molecule has 1 aliphatic heterocycles. The molecule has 0 unspecified atom stereocenters. The van der Waals surface area contributed by atoms with Crippen molar-refractivity contribution in [1.82, 2.24) is 44.6 Å². The van der Waals surface area contributed by atoms with E-state index < -0.39 is 161 Å². The van der Waals surface area contributed by atoms with Gasteiger partial charge in [0.2, 0.25) is 47.3 Å². The van der Waals surface area contributed by atoms with Crippen LogP contribution in [0.4, 0.5) is 0 Å². The van der Waals surface area contributed by atoms with Crippen molar-refractivity contribution in [3.63, 3.8) is 0 Å². The number of Topliss-reactive ketones (excluding diaryl/α,β-unsaturated/α-hetero) is 3. The molecule has 514 valence electrons. The molecule has 2 rings (SSSR count). The lowest BCUT2D eigenvalue weighted by molar-refractivity contribution is -0.157. The number of carbonyl (C=O) groups is 11. The van der Waals surface area contributed by atoms with Crippen LogP contribution < -0.4 is 5.32 Å². The van der Waals surface area contributed by atoms with Gasteiger partial charge in [0.05, 0.1) is 18.2 Å². The molecule has 1 aromatic rings. The summed E-state index contributed by atoms with van der Waals surface area (Å²) in [5, 5.41) is 15.2. The van der Waals surface area contributed by atoms with E-state index in [0.717, 1.165) is 10.5 Å². The smallest absolute Gasteiger partial charge is 0.246 e. The molecule has 0 aliphatic carbocycles. The first kappa shape index (κ1) is 80.7. The van der Waals surface area contributed by atoms with Crippen LogP contribution in [0.2, 0.25) is 0 Å². The lowest BCUT2D eigenvalue weighted by Gasteiger charge is -2.41. The third-order valence-electron chi connectivity index (χ3n) is 18.3. The molecule has 91 heavy (non-hydrogen) atoms. The summed E-state index contributed by atoms with van der Waals surface area (Å²) in [5.74, 6) is -11.1. The molecule has 1 aliphatic rings. The summed E-state index contributed by atoms with van der Waals surface area (Å²) < 4.78 is 0.